The van der Waals surface area contributed by atoms with Crippen LogP contribution in [0, 0.1) is 5.92 Å². The zero-order valence-corrected chi connectivity index (χ0v) is 23.2. The third-order valence-corrected chi connectivity index (χ3v) is 8.18. The van der Waals surface area contributed by atoms with Crippen molar-refractivity contribution in [1.82, 2.24) is 4.90 Å². The number of amides is 1. The summed E-state index contributed by atoms with van der Waals surface area (Å²) in [7, 11) is 0. The maximum Gasteiger partial charge on any atom is 0.414 e. The van der Waals surface area contributed by atoms with Crippen molar-refractivity contribution in [3.05, 3.63) is 60.2 Å². The van der Waals surface area contributed by atoms with E-state index in [-0.39, 0.29) is 18.5 Å². The van der Waals surface area contributed by atoms with Gasteiger partial charge in [-0.25, -0.2) is 4.79 Å². The van der Waals surface area contributed by atoms with E-state index in [1.165, 1.54) is 19.3 Å². The molecular formula is C32H44N2O5. The molecule has 39 heavy (non-hydrogen) atoms. The van der Waals surface area contributed by atoms with Gasteiger partial charge >= 0.3 is 6.09 Å². The molecule has 0 N–H and O–H groups in total. The molecule has 0 saturated carbocycles. The lowest BCUT2D eigenvalue weighted by atomic mass is 9.86. The second-order valence-electron chi connectivity index (χ2n) is 11.1. The zero-order chi connectivity index (χ0) is 26.7. The van der Waals surface area contributed by atoms with Crippen molar-refractivity contribution >= 4 is 11.8 Å². The van der Waals surface area contributed by atoms with E-state index in [1.54, 1.807) is 4.90 Å². The summed E-state index contributed by atoms with van der Waals surface area (Å²) >= 11 is 0. The summed E-state index contributed by atoms with van der Waals surface area (Å²) in [5.74, 6) is 1.26. The van der Waals surface area contributed by atoms with Crippen LogP contribution < -0.4 is 9.64 Å². The first-order chi connectivity index (χ1) is 19.2. The number of fused-ring (bicyclic) bond motifs is 3. The first-order valence-electron chi connectivity index (χ1n) is 14.9. The van der Waals surface area contributed by atoms with Crippen LogP contribution in [0.2, 0.25) is 0 Å². The van der Waals surface area contributed by atoms with Crippen molar-refractivity contribution < 1.29 is 23.7 Å². The Labute approximate surface area is 233 Å². The third-order valence-electron chi connectivity index (χ3n) is 8.18. The standard InChI is InChI=1S/C32H44N2O5/c35-32(39-30-25-33-18-16-27(30)17-19-33)34(24-26-11-6-5-7-12-26)28-13-10-14-29(23-28)36-20-9-4-2-1-3-8-15-31-37-21-22-38-31/h5-7,10-14,23,27,30-31H,1-4,8-9,15-22,24-25H2/t30-/m0/s1. The fraction of sp³-hybridized carbons (Fsp3) is 0.594. The van der Waals surface area contributed by atoms with E-state index in [0.717, 1.165) is 88.4 Å². The number of unbranched alkanes of at least 4 members (excludes halogenated alkanes) is 5. The Hall–Kier alpha value is -2.61. The van der Waals surface area contributed by atoms with Crippen molar-refractivity contribution in [3.63, 3.8) is 0 Å². The van der Waals surface area contributed by atoms with Crippen LogP contribution in [0.25, 0.3) is 0 Å². The minimum absolute atomic E-state index is 0.0259. The highest BCUT2D eigenvalue weighted by molar-refractivity contribution is 5.88. The SMILES string of the molecule is O=C(O[C@H]1CN2CCC1CC2)N(Cc1ccccc1)c1cccc(OCCCCCCCCC2OCCO2)c1. The molecule has 2 bridgehead atoms. The van der Waals surface area contributed by atoms with Gasteiger partial charge in [-0.15, -0.1) is 0 Å². The molecule has 4 fully saturated rings. The molecular weight excluding hydrogens is 492 g/mol. The van der Waals surface area contributed by atoms with E-state index in [2.05, 4.69) is 4.90 Å². The van der Waals surface area contributed by atoms with Gasteiger partial charge in [0.25, 0.3) is 0 Å². The molecule has 4 aliphatic heterocycles. The summed E-state index contributed by atoms with van der Waals surface area (Å²) in [6.07, 6.45) is 9.97. The summed E-state index contributed by atoms with van der Waals surface area (Å²) < 4.78 is 23.2. The lowest BCUT2D eigenvalue weighted by molar-refractivity contribution is -0.0480. The second kappa shape index (κ2) is 14.7. The zero-order valence-electron chi connectivity index (χ0n) is 23.2. The molecule has 7 heteroatoms. The van der Waals surface area contributed by atoms with Gasteiger partial charge in [0.05, 0.1) is 32.1 Å². The molecule has 4 saturated heterocycles. The molecule has 2 aromatic carbocycles. The van der Waals surface area contributed by atoms with Crippen LogP contribution in [0.5, 0.6) is 5.75 Å². The second-order valence-corrected chi connectivity index (χ2v) is 11.1. The van der Waals surface area contributed by atoms with Crippen LogP contribution in [0.1, 0.15) is 63.4 Å². The largest absolute Gasteiger partial charge is 0.494 e. The van der Waals surface area contributed by atoms with Gasteiger partial charge in [-0.2, -0.15) is 0 Å². The Bertz CT molecular complexity index is 1000. The Morgan fingerprint density at radius 3 is 2.38 bits per heavy atom. The minimum Gasteiger partial charge on any atom is -0.494 e. The number of hydrogen-bond acceptors (Lipinski definition) is 6. The molecule has 1 amide bonds. The third kappa shape index (κ3) is 8.44. The molecule has 0 aromatic heterocycles. The van der Waals surface area contributed by atoms with E-state index >= 15 is 0 Å². The van der Waals surface area contributed by atoms with Gasteiger partial charge in [-0.1, -0.05) is 62.1 Å². The number of benzene rings is 2. The topological polar surface area (TPSA) is 60.5 Å². The van der Waals surface area contributed by atoms with Crippen LogP contribution in [0.3, 0.4) is 0 Å². The molecule has 4 aliphatic rings. The van der Waals surface area contributed by atoms with Gasteiger partial charge in [-0.3, -0.25) is 9.80 Å². The first kappa shape index (κ1) is 27.9. The lowest BCUT2D eigenvalue weighted by Crippen LogP contribution is -2.53. The Morgan fingerprint density at radius 1 is 0.897 bits per heavy atom. The van der Waals surface area contributed by atoms with Crippen molar-refractivity contribution in [2.24, 2.45) is 5.92 Å². The molecule has 0 radical (unpaired) electrons. The fourth-order valence-electron chi connectivity index (χ4n) is 5.89. The first-order valence-corrected chi connectivity index (χ1v) is 14.9. The Kier molecular flexibility index (Phi) is 10.5. The van der Waals surface area contributed by atoms with E-state index in [1.807, 2.05) is 54.6 Å². The summed E-state index contributed by atoms with van der Waals surface area (Å²) in [5, 5.41) is 0. The summed E-state index contributed by atoms with van der Waals surface area (Å²) in [5.41, 5.74) is 1.87. The molecule has 0 unspecified atom stereocenters. The van der Waals surface area contributed by atoms with Crippen molar-refractivity contribution in [1.29, 1.82) is 0 Å². The number of rotatable bonds is 14. The van der Waals surface area contributed by atoms with E-state index < -0.39 is 0 Å². The van der Waals surface area contributed by atoms with E-state index in [9.17, 15) is 4.79 Å². The smallest absolute Gasteiger partial charge is 0.414 e. The Balaban J connectivity index is 1.10. The van der Waals surface area contributed by atoms with Gasteiger partial charge < -0.3 is 18.9 Å². The maximum absolute atomic E-state index is 13.5. The van der Waals surface area contributed by atoms with Gasteiger partial charge in [0.2, 0.25) is 0 Å². The van der Waals surface area contributed by atoms with Crippen LogP contribution in [-0.4, -0.2) is 62.8 Å². The molecule has 0 spiro atoms. The van der Waals surface area contributed by atoms with Gasteiger partial charge in [-0.05, 0) is 68.8 Å². The fourth-order valence-corrected chi connectivity index (χ4v) is 5.89. The number of piperidine rings is 3. The number of nitrogens with zero attached hydrogens (tertiary/aromatic N) is 2. The molecule has 212 valence electrons. The molecule has 2 aromatic rings. The summed E-state index contributed by atoms with van der Waals surface area (Å²) in [6.45, 7) is 5.71. The van der Waals surface area contributed by atoms with Gasteiger partial charge in [0.1, 0.15) is 11.9 Å². The normalized spacial score (nSPS) is 22.6. The molecule has 0 aliphatic carbocycles. The van der Waals surface area contributed by atoms with Crippen molar-refractivity contribution in [2.45, 2.75) is 76.7 Å². The highest BCUT2D eigenvalue weighted by Crippen LogP contribution is 2.31. The maximum atomic E-state index is 13.5. The van der Waals surface area contributed by atoms with Crippen LogP contribution >= 0.6 is 0 Å². The number of anilines is 1. The number of carbonyl (C=O) groups is 1. The molecule has 4 heterocycles. The predicted octanol–water partition coefficient (Wildman–Crippen LogP) is 6.41. The molecule has 7 nitrogen and oxygen atoms in total. The number of hydrogen-bond donors (Lipinski definition) is 0. The predicted molar refractivity (Wildman–Crippen MR) is 152 cm³/mol. The highest BCUT2D eigenvalue weighted by atomic mass is 16.7. The Morgan fingerprint density at radius 2 is 1.64 bits per heavy atom. The monoisotopic (exact) mass is 536 g/mol. The summed E-state index contributed by atoms with van der Waals surface area (Å²) in [4.78, 5) is 17.7. The van der Waals surface area contributed by atoms with Gasteiger partial charge in [0, 0.05) is 12.6 Å². The van der Waals surface area contributed by atoms with E-state index in [4.69, 9.17) is 18.9 Å². The van der Waals surface area contributed by atoms with Crippen LogP contribution in [0.15, 0.2) is 54.6 Å². The van der Waals surface area contributed by atoms with Crippen molar-refractivity contribution in [2.75, 3.05) is 44.4 Å². The molecule has 6 rings (SSSR count). The minimum atomic E-state index is -0.277. The van der Waals surface area contributed by atoms with Crippen LogP contribution in [-0.2, 0) is 20.8 Å². The van der Waals surface area contributed by atoms with E-state index in [0.29, 0.717) is 19.1 Å². The average molecular weight is 537 g/mol. The van der Waals surface area contributed by atoms with Crippen molar-refractivity contribution in [3.8, 4) is 5.75 Å². The summed E-state index contributed by atoms with van der Waals surface area (Å²) in [6, 6.07) is 18.0. The average Bonchev–Trinajstić information content (AvgIpc) is 3.50. The number of carbonyl (C=O) groups excluding carboxylic acids is 1. The van der Waals surface area contributed by atoms with Crippen LogP contribution in [0.4, 0.5) is 10.5 Å². The number of ether oxygens (including phenoxy) is 4. The lowest BCUT2D eigenvalue weighted by Gasteiger charge is -2.44. The molecule has 1 atom stereocenters. The quantitative estimate of drug-likeness (QED) is 0.260. The van der Waals surface area contributed by atoms with Gasteiger partial charge in [0.15, 0.2) is 6.29 Å². The highest BCUT2D eigenvalue weighted by Gasteiger charge is 2.37.